The summed E-state index contributed by atoms with van der Waals surface area (Å²) in [6.45, 7) is 4.48. The van der Waals surface area contributed by atoms with E-state index in [0.717, 1.165) is 54.7 Å². The maximum atomic E-state index is 12.8. The second-order valence-electron chi connectivity index (χ2n) is 6.48. The van der Waals surface area contributed by atoms with Gasteiger partial charge in [-0.05, 0) is 44.4 Å². The molecule has 0 bridgehead atoms. The van der Waals surface area contributed by atoms with Gasteiger partial charge in [0.2, 0.25) is 0 Å². The van der Waals surface area contributed by atoms with E-state index < -0.39 is 0 Å². The molecular formula is C18H20N2O2S. The van der Waals surface area contributed by atoms with E-state index in [2.05, 4.69) is 18.0 Å². The van der Waals surface area contributed by atoms with Crippen molar-refractivity contribution in [1.82, 2.24) is 9.88 Å². The largest absolute Gasteiger partial charge is 0.370 e. The van der Waals surface area contributed by atoms with E-state index in [4.69, 9.17) is 4.74 Å². The standard InChI is InChI=1S/C18H20N2O2S/c1-13-4-9-22-18(11-13)5-7-20(8-6-18)17(21)14-2-3-15-16(10-14)23-12-19-15/h2-3,10-12H,4-9H2,1H3. The molecule has 1 aromatic carbocycles. The lowest BCUT2D eigenvalue weighted by Crippen LogP contribution is -2.48. The molecule has 1 aromatic heterocycles. The number of nitrogens with zero attached hydrogens (tertiary/aromatic N) is 2. The van der Waals surface area contributed by atoms with Gasteiger partial charge >= 0.3 is 0 Å². The summed E-state index contributed by atoms with van der Waals surface area (Å²) >= 11 is 1.57. The smallest absolute Gasteiger partial charge is 0.253 e. The third kappa shape index (κ3) is 2.79. The third-order valence-corrected chi connectivity index (χ3v) is 5.66. The molecule has 0 atom stereocenters. The van der Waals surface area contributed by atoms with Crippen molar-refractivity contribution < 1.29 is 9.53 Å². The van der Waals surface area contributed by atoms with Gasteiger partial charge in [-0.15, -0.1) is 11.3 Å². The van der Waals surface area contributed by atoms with Crippen LogP contribution in [0.5, 0.6) is 0 Å². The van der Waals surface area contributed by atoms with E-state index in [0.29, 0.717) is 0 Å². The van der Waals surface area contributed by atoms with Crippen molar-refractivity contribution in [3.05, 3.63) is 40.9 Å². The number of ether oxygens (including phenoxy) is 1. The Kier molecular flexibility index (Phi) is 3.70. The minimum atomic E-state index is -0.138. The molecule has 1 saturated heterocycles. The Hall–Kier alpha value is -1.72. The predicted octanol–water partition coefficient (Wildman–Crippen LogP) is 3.64. The molecular weight excluding hydrogens is 308 g/mol. The number of piperidine rings is 1. The molecule has 120 valence electrons. The summed E-state index contributed by atoms with van der Waals surface area (Å²) < 4.78 is 7.10. The van der Waals surface area contributed by atoms with Gasteiger partial charge in [0.05, 0.1) is 27.9 Å². The highest BCUT2D eigenvalue weighted by Crippen LogP contribution is 2.33. The zero-order valence-electron chi connectivity index (χ0n) is 13.2. The fraction of sp³-hybridized carbons (Fsp3) is 0.444. The van der Waals surface area contributed by atoms with E-state index in [9.17, 15) is 4.79 Å². The van der Waals surface area contributed by atoms with Crippen LogP contribution in [-0.4, -0.2) is 41.1 Å². The molecule has 0 N–H and O–H groups in total. The quantitative estimate of drug-likeness (QED) is 0.751. The van der Waals surface area contributed by atoms with Gasteiger partial charge < -0.3 is 9.64 Å². The second-order valence-corrected chi connectivity index (χ2v) is 7.37. The summed E-state index contributed by atoms with van der Waals surface area (Å²) in [5.74, 6) is 0.117. The number of fused-ring (bicyclic) bond motifs is 1. The van der Waals surface area contributed by atoms with E-state index >= 15 is 0 Å². The van der Waals surface area contributed by atoms with Gasteiger partial charge in [-0.3, -0.25) is 4.79 Å². The average Bonchev–Trinajstić information content (AvgIpc) is 3.02. The van der Waals surface area contributed by atoms with Crippen LogP contribution in [0.2, 0.25) is 0 Å². The van der Waals surface area contributed by atoms with E-state index in [1.165, 1.54) is 5.57 Å². The van der Waals surface area contributed by atoms with Gasteiger partial charge in [0, 0.05) is 18.7 Å². The van der Waals surface area contributed by atoms with Crippen molar-refractivity contribution in [3.63, 3.8) is 0 Å². The normalized spacial score (nSPS) is 20.7. The van der Waals surface area contributed by atoms with Crippen LogP contribution in [0.1, 0.15) is 36.5 Å². The van der Waals surface area contributed by atoms with Crippen molar-refractivity contribution in [2.75, 3.05) is 19.7 Å². The lowest BCUT2D eigenvalue weighted by molar-refractivity contribution is -0.0522. The number of rotatable bonds is 1. The first-order valence-electron chi connectivity index (χ1n) is 8.10. The van der Waals surface area contributed by atoms with Crippen molar-refractivity contribution >= 4 is 27.5 Å². The number of amides is 1. The molecule has 2 aliphatic heterocycles. The average molecular weight is 328 g/mol. The van der Waals surface area contributed by atoms with E-state index in [-0.39, 0.29) is 11.5 Å². The van der Waals surface area contributed by atoms with Crippen molar-refractivity contribution in [1.29, 1.82) is 0 Å². The molecule has 0 unspecified atom stereocenters. The maximum Gasteiger partial charge on any atom is 0.253 e. The molecule has 4 rings (SSSR count). The Bertz CT molecular complexity index is 772. The summed E-state index contributed by atoms with van der Waals surface area (Å²) in [5, 5.41) is 0. The molecule has 3 heterocycles. The van der Waals surface area contributed by atoms with Gasteiger partial charge in [-0.25, -0.2) is 4.98 Å². The Morgan fingerprint density at radius 3 is 2.96 bits per heavy atom. The maximum absolute atomic E-state index is 12.8. The zero-order chi connectivity index (χ0) is 15.9. The number of carbonyl (C=O) groups is 1. The van der Waals surface area contributed by atoms with Gasteiger partial charge in [-0.1, -0.05) is 11.6 Å². The molecule has 4 nitrogen and oxygen atoms in total. The molecule has 0 radical (unpaired) electrons. The van der Waals surface area contributed by atoms with Crippen LogP contribution >= 0.6 is 11.3 Å². The number of hydrogen-bond donors (Lipinski definition) is 0. The van der Waals surface area contributed by atoms with Crippen LogP contribution in [0.25, 0.3) is 10.2 Å². The summed E-state index contributed by atoms with van der Waals surface area (Å²) in [7, 11) is 0. The van der Waals surface area contributed by atoms with E-state index in [1.54, 1.807) is 11.3 Å². The zero-order valence-corrected chi connectivity index (χ0v) is 14.1. The first-order valence-corrected chi connectivity index (χ1v) is 8.98. The Labute approximate surface area is 139 Å². The molecule has 23 heavy (non-hydrogen) atoms. The van der Waals surface area contributed by atoms with E-state index in [1.807, 2.05) is 28.6 Å². The van der Waals surface area contributed by atoms with Gasteiger partial charge in [0.25, 0.3) is 5.91 Å². The Balaban J connectivity index is 1.49. The first kappa shape index (κ1) is 14.8. The highest BCUT2D eigenvalue weighted by atomic mass is 32.1. The number of likely N-dealkylation sites (tertiary alicyclic amines) is 1. The van der Waals surface area contributed by atoms with Crippen molar-refractivity contribution in [2.24, 2.45) is 0 Å². The summed E-state index contributed by atoms with van der Waals surface area (Å²) in [6.07, 6.45) is 5.08. The number of carbonyl (C=O) groups excluding carboxylic acids is 1. The van der Waals surface area contributed by atoms with Crippen LogP contribution < -0.4 is 0 Å². The lowest BCUT2D eigenvalue weighted by Gasteiger charge is -2.42. The molecule has 0 saturated carbocycles. The van der Waals surface area contributed by atoms with Crippen molar-refractivity contribution in [2.45, 2.75) is 31.8 Å². The predicted molar refractivity (Wildman–Crippen MR) is 91.8 cm³/mol. The highest BCUT2D eigenvalue weighted by molar-refractivity contribution is 7.16. The Morgan fingerprint density at radius 1 is 1.35 bits per heavy atom. The van der Waals surface area contributed by atoms with Crippen LogP contribution in [0.3, 0.4) is 0 Å². The SMILES string of the molecule is CC1=CC2(CCN(C(=O)c3ccc4ncsc4c3)CC2)OCC1. The summed E-state index contributed by atoms with van der Waals surface area (Å²) in [5.41, 5.74) is 4.81. The fourth-order valence-electron chi connectivity index (χ4n) is 3.53. The Morgan fingerprint density at radius 2 is 2.17 bits per heavy atom. The topological polar surface area (TPSA) is 42.4 Å². The lowest BCUT2D eigenvalue weighted by atomic mass is 9.87. The van der Waals surface area contributed by atoms with Crippen LogP contribution in [-0.2, 0) is 4.74 Å². The third-order valence-electron chi connectivity index (χ3n) is 4.87. The highest BCUT2D eigenvalue weighted by Gasteiger charge is 2.36. The van der Waals surface area contributed by atoms with Crippen LogP contribution in [0.4, 0.5) is 0 Å². The molecule has 2 aliphatic rings. The van der Waals surface area contributed by atoms with Gasteiger partial charge in [0.1, 0.15) is 0 Å². The molecule has 5 heteroatoms. The number of aromatic nitrogens is 1. The summed E-state index contributed by atoms with van der Waals surface area (Å²) in [4.78, 5) is 19.0. The number of thiazole rings is 1. The molecule has 0 aliphatic carbocycles. The van der Waals surface area contributed by atoms with Gasteiger partial charge in [-0.2, -0.15) is 0 Å². The summed E-state index contributed by atoms with van der Waals surface area (Å²) in [6, 6.07) is 5.78. The number of hydrogen-bond acceptors (Lipinski definition) is 4. The second kappa shape index (κ2) is 5.73. The molecule has 1 fully saturated rings. The van der Waals surface area contributed by atoms with Crippen molar-refractivity contribution in [3.8, 4) is 0 Å². The number of benzene rings is 1. The minimum Gasteiger partial charge on any atom is -0.370 e. The van der Waals surface area contributed by atoms with Crippen LogP contribution in [0.15, 0.2) is 35.4 Å². The first-order chi connectivity index (χ1) is 11.2. The fourth-order valence-corrected chi connectivity index (χ4v) is 4.24. The minimum absolute atomic E-state index is 0.117. The monoisotopic (exact) mass is 328 g/mol. The van der Waals surface area contributed by atoms with Crippen LogP contribution in [0, 0.1) is 0 Å². The molecule has 1 amide bonds. The van der Waals surface area contributed by atoms with Gasteiger partial charge in [0.15, 0.2) is 0 Å². The molecule has 2 aromatic rings. The molecule has 1 spiro atoms.